The molecule has 0 radical (unpaired) electrons. The molecule has 330 valence electrons. The summed E-state index contributed by atoms with van der Waals surface area (Å²) in [6.07, 6.45) is -3.08. The second-order valence-corrected chi connectivity index (χ2v) is 18.4. The Morgan fingerprint density at radius 3 is 2.39 bits per heavy atom. The fourth-order valence-electron chi connectivity index (χ4n) is 8.66. The predicted molar refractivity (Wildman–Crippen MR) is 216 cm³/mol. The van der Waals surface area contributed by atoms with E-state index in [2.05, 4.69) is 47.8 Å². The smallest absolute Gasteiger partial charge is 0.351 e. The van der Waals surface area contributed by atoms with Crippen molar-refractivity contribution in [2.75, 3.05) is 36.4 Å². The molecule has 21 heteroatoms. The molecule has 1 saturated carbocycles. The molecule has 2 saturated heterocycles. The fourth-order valence-corrected chi connectivity index (χ4v) is 10.5. The van der Waals surface area contributed by atoms with Gasteiger partial charge in [-0.05, 0) is 99.3 Å². The number of aryl methyl sites for hydroxylation is 1. The van der Waals surface area contributed by atoms with E-state index in [1.54, 1.807) is 22.9 Å². The number of hydrogen-bond acceptors (Lipinski definition) is 10. The van der Waals surface area contributed by atoms with Crippen LogP contribution in [0.25, 0.3) is 22.2 Å². The maximum Gasteiger partial charge on any atom is 0.419 e. The zero-order valence-electron chi connectivity index (χ0n) is 33.6. The number of nitrogens with zero attached hydrogens (tertiary/aromatic N) is 8. The number of sulfone groups is 1. The molecule has 3 fully saturated rings. The summed E-state index contributed by atoms with van der Waals surface area (Å²) in [5.74, 6) is 0.409. The number of likely N-dealkylation sites (tertiary alicyclic amines) is 1. The summed E-state index contributed by atoms with van der Waals surface area (Å²) in [6.45, 7) is 1.31. The van der Waals surface area contributed by atoms with Crippen molar-refractivity contribution in [1.82, 2.24) is 39.7 Å². The second-order valence-electron chi connectivity index (χ2n) is 16.2. The Kier molecular flexibility index (Phi) is 11.8. The molecule has 2 aliphatic heterocycles. The maximum atomic E-state index is 13.8. The third-order valence-corrected chi connectivity index (χ3v) is 14.2. The van der Waals surface area contributed by atoms with E-state index in [4.69, 9.17) is 0 Å². The lowest BCUT2D eigenvalue weighted by molar-refractivity contribution is -0.142. The summed E-state index contributed by atoms with van der Waals surface area (Å²) in [7, 11) is -1.85. The van der Waals surface area contributed by atoms with Crippen LogP contribution < -0.4 is 15.5 Å². The van der Waals surface area contributed by atoms with Crippen molar-refractivity contribution in [1.29, 1.82) is 0 Å². The van der Waals surface area contributed by atoms with Gasteiger partial charge in [-0.25, -0.2) is 23.2 Å². The van der Waals surface area contributed by atoms with Gasteiger partial charge >= 0.3 is 18.4 Å². The number of benzene rings is 2. The zero-order chi connectivity index (χ0) is 44.0. The predicted octanol–water partition coefficient (Wildman–Crippen LogP) is 6.87. The number of aromatic nitrogens is 6. The molecule has 3 aromatic heterocycles. The van der Waals surface area contributed by atoms with Crippen molar-refractivity contribution < 1.29 is 44.3 Å². The molecule has 5 aromatic rings. The van der Waals surface area contributed by atoms with Crippen LogP contribution in [0, 0.1) is 0 Å². The van der Waals surface area contributed by atoms with E-state index in [0.717, 1.165) is 61.3 Å². The van der Waals surface area contributed by atoms with Crippen molar-refractivity contribution in [2.24, 2.45) is 7.05 Å². The molecule has 0 spiro atoms. The topological polar surface area (TPSA) is 160 Å². The highest BCUT2D eigenvalue weighted by Gasteiger charge is 2.38. The van der Waals surface area contributed by atoms with Crippen LogP contribution >= 0.6 is 0 Å². The van der Waals surface area contributed by atoms with E-state index in [1.165, 1.54) is 10.5 Å². The lowest BCUT2D eigenvalue weighted by Crippen LogP contribution is -2.49. The first-order valence-corrected chi connectivity index (χ1v) is 21.9. The van der Waals surface area contributed by atoms with Gasteiger partial charge in [0.2, 0.25) is 11.9 Å². The van der Waals surface area contributed by atoms with Gasteiger partial charge in [0.05, 0.1) is 27.6 Å². The average molecular weight is 887 g/mol. The van der Waals surface area contributed by atoms with Gasteiger partial charge in [-0.1, -0.05) is 18.2 Å². The lowest BCUT2D eigenvalue weighted by atomic mass is 9.89. The van der Waals surface area contributed by atoms with E-state index in [9.17, 15) is 44.3 Å². The molecule has 1 aliphatic carbocycles. The number of carbonyl (C=O) groups excluding carboxylic acids is 2. The minimum absolute atomic E-state index is 0.161. The normalized spacial score (nSPS) is 19.9. The van der Waals surface area contributed by atoms with Crippen molar-refractivity contribution >= 4 is 44.4 Å². The molecule has 0 bridgehead atoms. The molecule has 62 heavy (non-hydrogen) atoms. The van der Waals surface area contributed by atoms with E-state index in [0.29, 0.717) is 54.7 Å². The number of anilines is 2. The van der Waals surface area contributed by atoms with E-state index >= 15 is 0 Å². The number of fused-ring (bicyclic) bond motifs is 1. The van der Waals surface area contributed by atoms with Crippen LogP contribution in [-0.4, -0.2) is 98.4 Å². The van der Waals surface area contributed by atoms with E-state index in [1.807, 2.05) is 19.2 Å². The first kappa shape index (κ1) is 43.1. The standard InChI is InChI=1S/C41H44F6N10O4S/c1-54-34-20-27(5-10-32(34)37(53-54)57-18-14-35(58)51-39(57)59)26-12-16-55(17-13-26)15-11-25-3-2-4-31(19-25)62(60,61)30-8-6-29(7-9-30)50-38-48-22-33(41(45,46)47)36(52-38)28-21-49-56(23-28)24-40(42,43)44/h2-5,10,19-23,26,29-30H,6-9,11-18,24H2,1H3,(H,48,50,52)(H,51,58,59). The van der Waals surface area contributed by atoms with Gasteiger partial charge in [-0.15, -0.1) is 0 Å². The number of halogens is 6. The highest BCUT2D eigenvalue weighted by atomic mass is 32.2. The third-order valence-electron chi connectivity index (χ3n) is 12.0. The highest BCUT2D eigenvalue weighted by molar-refractivity contribution is 7.92. The molecule has 2 N–H and O–H groups in total. The summed E-state index contributed by atoms with van der Waals surface area (Å²) < 4.78 is 110. The summed E-state index contributed by atoms with van der Waals surface area (Å²) in [5, 5.41) is 13.7. The van der Waals surface area contributed by atoms with Gasteiger partial charge < -0.3 is 10.2 Å². The maximum absolute atomic E-state index is 13.8. The Morgan fingerprint density at radius 2 is 1.68 bits per heavy atom. The van der Waals surface area contributed by atoms with Gasteiger partial charge in [0.1, 0.15) is 12.1 Å². The van der Waals surface area contributed by atoms with E-state index < -0.39 is 51.3 Å². The fraction of sp³-hybridized carbons (Fsp3) is 0.463. The molecule has 0 unspecified atom stereocenters. The van der Waals surface area contributed by atoms with Crippen LogP contribution in [0.15, 0.2) is 66.0 Å². The second kappa shape index (κ2) is 16.9. The zero-order valence-corrected chi connectivity index (χ0v) is 34.4. The summed E-state index contributed by atoms with van der Waals surface area (Å²) in [5.41, 5.74) is 0.915. The molecular formula is C41H44F6N10O4S. The van der Waals surface area contributed by atoms with Gasteiger partial charge in [-0.3, -0.25) is 24.4 Å². The van der Waals surface area contributed by atoms with Crippen molar-refractivity contribution in [3.05, 3.63) is 77.7 Å². The first-order chi connectivity index (χ1) is 29.4. The monoisotopic (exact) mass is 886 g/mol. The Hall–Kier alpha value is -5.57. The van der Waals surface area contributed by atoms with Gasteiger partial charge in [0.15, 0.2) is 15.7 Å². The minimum atomic E-state index is -4.88. The van der Waals surface area contributed by atoms with Crippen molar-refractivity contribution in [3.63, 3.8) is 0 Å². The van der Waals surface area contributed by atoms with Crippen LogP contribution in [0.5, 0.6) is 0 Å². The van der Waals surface area contributed by atoms with Crippen LogP contribution in [0.1, 0.15) is 67.6 Å². The third kappa shape index (κ3) is 9.42. The van der Waals surface area contributed by atoms with Gasteiger partial charge in [0.25, 0.3) is 0 Å². The molecule has 2 aromatic carbocycles. The van der Waals surface area contributed by atoms with Crippen LogP contribution in [0.3, 0.4) is 0 Å². The Labute approximate surface area is 352 Å². The van der Waals surface area contributed by atoms with Crippen LogP contribution in [0.2, 0.25) is 0 Å². The minimum Gasteiger partial charge on any atom is -0.351 e. The number of rotatable bonds is 11. The summed E-state index contributed by atoms with van der Waals surface area (Å²) >= 11 is 0. The first-order valence-electron chi connectivity index (χ1n) is 20.3. The number of alkyl halides is 6. The Bertz CT molecular complexity index is 2580. The molecule has 0 atom stereocenters. The van der Waals surface area contributed by atoms with Gasteiger partial charge in [0, 0.05) is 55.9 Å². The number of nitrogens with one attached hydrogen (secondary N) is 2. The molecule has 3 amide bonds. The number of urea groups is 1. The van der Waals surface area contributed by atoms with Crippen molar-refractivity contribution in [3.8, 4) is 11.3 Å². The summed E-state index contributed by atoms with van der Waals surface area (Å²) in [4.78, 5) is 36.1. The van der Waals surface area contributed by atoms with Crippen LogP contribution in [0.4, 0.5) is 42.9 Å². The highest BCUT2D eigenvalue weighted by Crippen LogP contribution is 2.38. The largest absolute Gasteiger partial charge is 0.419 e. The number of hydrogen-bond donors (Lipinski definition) is 2. The van der Waals surface area contributed by atoms with E-state index in [-0.39, 0.29) is 41.3 Å². The molecular weight excluding hydrogens is 843 g/mol. The molecule has 14 nitrogen and oxygen atoms in total. The van der Waals surface area contributed by atoms with Crippen molar-refractivity contribution in [2.45, 2.75) is 92.4 Å². The molecule has 8 rings (SSSR count). The van der Waals surface area contributed by atoms with Gasteiger partial charge in [-0.2, -0.15) is 36.5 Å². The number of amides is 3. The number of piperidine rings is 1. The quantitative estimate of drug-likeness (QED) is 0.134. The average Bonchev–Trinajstić information content (AvgIpc) is 3.82. The lowest BCUT2D eigenvalue weighted by Gasteiger charge is -2.32. The Balaban J connectivity index is 0.839. The summed E-state index contributed by atoms with van der Waals surface area (Å²) in [6, 6.07) is 12.4. The number of carbonyl (C=O) groups is 2. The SMILES string of the molecule is Cn1nc(N2CCC(=O)NC2=O)c2ccc(C3CCN(CCc4cccc(S(=O)(=O)C5CCC(Nc6ncc(C(F)(F)F)c(-c7cnn(CC(F)(F)F)c7)n6)CC5)c4)CC3)cc21. The Morgan fingerprint density at radius 1 is 0.919 bits per heavy atom. The van der Waals surface area contributed by atoms with Crippen LogP contribution in [-0.2, 0) is 40.8 Å². The number of imide groups is 1. The molecule has 5 heterocycles. The molecule has 3 aliphatic rings.